The molecule has 0 aliphatic carbocycles. The van der Waals surface area contributed by atoms with E-state index in [1.165, 1.54) is 5.56 Å². The summed E-state index contributed by atoms with van der Waals surface area (Å²) in [5.41, 5.74) is 1.24. The van der Waals surface area contributed by atoms with Gasteiger partial charge < -0.3 is 14.6 Å². The second-order valence-corrected chi connectivity index (χ2v) is 5.33. The standard InChI is InChI=1S/C17H20N2O2/c20-17(18-11-10-14-6-2-1-3-7-14)19-12-4-8-15(19)16-9-5-13-21-16/h1-3,5-7,9,13,15H,4,8,10-12H2,(H,18,20)/t15-/m0/s1. The smallest absolute Gasteiger partial charge is 0.318 e. The average molecular weight is 284 g/mol. The molecule has 0 saturated carbocycles. The van der Waals surface area contributed by atoms with E-state index in [-0.39, 0.29) is 12.1 Å². The lowest BCUT2D eigenvalue weighted by atomic mass is 10.1. The van der Waals surface area contributed by atoms with Gasteiger partial charge in [0.25, 0.3) is 0 Å². The Kier molecular flexibility index (Phi) is 4.24. The third-order valence-electron chi connectivity index (χ3n) is 3.92. The molecule has 2 aromatic rings. The molecular weight excluding hydrogens is 264 g/mol. The molecule has 1 aromatic carbocycles. The lowest BCUT2D eigenvalue weighted by molar-refractivity contribution is 0.186. The molecule has 1 aromatic heterocycles. The molecule has 1 aliphatic rings. The molecule has 1 aliphatic heterocycles. The highest BCUT2D eigenvalue weighted by Gasteiger charge is 2.31. The van der Waals surface area contributed by atoms with Gasteiger partial charge in [0.05, 0.1) is 12.3 Å². The Bertz CT molecular complexity index is 566. The van der Waals surface area contributed by atoms with Crippen LogP contribution in [0.4, 0.5) is 4.79 Å². The zero-order valence-corrected chi connectivity index (χ0v) is 12.0. The number of benzene rings is 1. The number of likely N-dealkylation sites (tertiary alicyclic amines) is 1. The fraction of sp³-hybridized carbons (Fsp3) is 0.353. The van der Waals surface area contributed by atoms with Crippen LogP contribution in [0.15, 0.2) is 53.1 Å². The highest BCUT2D eigenvalue weighted by atomic mass is 16.3. The van der Waals surface area contributed by atoms with Gasteiger partial charge in [0, 0.05) is 13.1 Å². The zero-order valence-electron chi connectivity index (χ0n) is 12.0. The predicted octanol–water partition coefficient (Wildman–Crippen LogP) is 3.37. The van der Waals surface area contributed by atoms with Crippen LogP contribution in [0.1, 0.15) is 30.2 Å². The Labute approximate surface area is 124 Å². The number of hydrogen-bond donors (Lipinski definition) is 1. The maximum Gasteiger partial charge on any atom is 0.318 e. The molecule has 0 spiro atoms. The molecule has 0 bridgehead atoms. The third-order valence-corrected chi connectivity index (χ3v) is 3.92. The molecule has 3 rings (SSSR count). The summed E-state index contributed by atoms with van der Waals surface area (Å²) < 4.78 is 5.45. The average Bonchev–Trinajstić information content (AvgIpc) is 3.19. The van der Waals surface area contributed by atoms with Crippen molar-refractivity contribution in [2.24, 2.45) is 0 Å². The zero-order chi connectivity index (χ0) is 14.5. The highest BCUT2D eigenvalue weighted by molar-refractivity contribution is 5.75. The lowest BCUT2D eigenvalue weighted by Gasteiger charge is -2.23. The summed E-state index contributed by atoms with van der Waals surface area (Å²) in [5.74, 6) is 0.880. The molecule has 0 unspecified atom stereocenters. The summed E-state index contributed by atoms with van der Waals surface area (Å²) in [6.45, 7) is 1.45. The number of urea groups is 1. The van der Waals surface area contributed by atoms with Crippen molar-refractivity contribution in [2.45, 2.75) is 25.3 Å². The summed E-state index contributed by atoms with van der Waals surface area (Å²) in [6.07, 6.45) is 4.52. The normalized spacial score (nSPS) is 17.9. The van der Waals surface area contributed by atoms with Gasteiger partial charge in [-0.2, -0.15) is 0 Å². The fourth-order valence-electron chi connectivity index (χ4n) is 2.85. The molecule has 1 atom stereocenters. The summed E-state index contributed by atoms with van der Waals surface area (Å²) in [6, 6.07) is 14.1. The lowest BCUT2D eigenvalue weighted by Crippen LogP contribution is -2.40. The first-order valence-corrected chi connectivity index (χ1v) is 7.46. The van der Waals surface area contributed by atoms with E-state index in [2.05, 4.69) is 17.4 Å². The van der Waals surface area contributed by atoms with E-state index in [9.17, 15) is 4.79 Å². The van der Waals surface area contributed by atoms with Crippen molar-refractivity contribution in [1.82, 2.24) is 10.2 Å². The van der Waals surface area contributed by atoms with Gasteiger partial charge >= 0.3 is 6.03 Å². The number of nitrogens with one attached hydrogen (secondary N) is 1. The van der Waals surface area contributed by atoms with E-state index >= 15 is 0 Å². The minimum Gasteiger partial charge on any atom is -0.467 e. The molecule has 2 heterocycles. The van der Waals surface area contributed by atoms with E-state index in [1.807, 2.05) is 35.2 Å². The van der Waals surface area contributed by atoms with Crippen LogP contribution < -0.4 is 5.32 Å². The maximum atomic E-state index is 12.3. The molecule has 21 heavy (non-hydrogen) atoms. The van der Waals surface area contributed by atoms with E-state index < -0.39 is 0 Å². The number of amides is 2. The van der Waals surface area contributed by atoms with Crippen LogP contribution in [-0.2, 0) is 6.42 Å². The molecule has 1 N–H and O–H groups in total. The van der Waals surface area contributed by atoms with Crippen LogP contribution in [-0.4, -0.2) is 24.0 Å². The second-order valence-electron chi connectivity index (χ2n) is 5.33. The molecule has 1 saturated heterocycles. The molecule has 0 radical (unpaired) electrons. The molecule has 1 fully saturated rings. The molecule has 110 valence electrons. The number of carbonyl (C=O) groups excluding carboxylic acids is 1. The topological polar surface area (TPSA) is 45.5 Å². The van der Waals surface area contributed by atoms with Crippen LogP contribution in [0.25, 0.3) is 0 Å². The predicted molar refractivity (Wildman–Crippen MR) is 80.9 cm³/mol. The fourth-order valence-corrected chi connectivity index (χ4v) is 2.85. The van der Waals surface area contributed by atoms with E-state index in [0.29, 0.717) is 6.54 Å². The number of nitrogens with zero attached hydrogens (tertiary/aromatic N) is 1. The first-order chi connectivity index (χ1) is 10.3. The van der Waals surface area contributed by atoms with Crippen molar-refractivity contribution in [3.05, 3.63) is 60.1 Å². The van der Waals surface area contributed by atoms with Crippen molar-refractivity contribution >= 4 is 6.03 Å². The van der Waals surface area contributed by atoms with Gasteiger partial charge in [0.15, 0.2) is 0 Å². The van der Waals surface area contributed by atoms with Gasteiger partial charge in [0.1, 0.15) is 5.76 Å². The van der Waals surface area contributed by atoms with E-state index in [0.717, 1.165) is 31.6 Å². The Morgan fingerprint density at radius 1 is 1.24 bits per heavy atom. The first-order valence-electron chi connectivity index (χ1n) is 7.46. The Balaban J connectivity index is 1.53. The van der Waals surface area contributed by atoms with Crippen LogP contribution >= 0.6 is 0 Å². The summed E-state index contributed by atoms with van der Waals surface area (Å²) in [4.78, 5) is 14.2. The number of rotatable bonds is 4. The number of carbonyl (C=O) groups is 1. The molecular formula is C17H20N2O2. The molecule has 2 amide bonds. The van der Waals surface area contributed by atoms with Crippen LogP contribution in [0.2, 0.25) is 0 Å². The van der Waals surface area contributed by atoms with Crippen molar-refractivity contribution in [3.63, 3.8) is 0 Å². The number of hydrogen-bond acceptors (Lipinski definition) is 2. The van der Waals surface area contributed by atoms with Crippen LogP contribution in [0.3, 0.4) is 0 Å². The Morgan fingerprint density at radius 2 is 2.10 bits per heavy atom. The minimum absolute atomic E-state index is 0.00447. The van der Waals surface area contributed by atoms with Gasteiger partial charge in [-0.25, -0.2) is 4.79 Å². The van der Waals surface area contributed by atoms with Crippen LogP contribution in [0.5, 0.6) is 0 Å². The van der Waals surface area contributed by atoms with Gasteiger partial charge in [-0.15, -0.1) is 0 Å². The summed E-state index contributed by atoms with van der Waals surface area (Å²) in [5, 5.41) is 3.01. The SMILES string of the molecule is O=C(NCCc1ccccc1)N1CCC[C@H]1c1ccco1. The van der Waals surface area contributed by atoms with E-state index in [4.69, 9.17) is 4.42 Å². The summed E-state index contributed by atoms with van der Waals surface area (Å²) >= 11 is 0. The third kappa shape index (κ3) is 3.27. The monoisotopic (exact) mass is 284 g/mol. The van der Waals surface area contributed by atoms with Crippen molar-refractivity contribution in [2.75, 3.05) is 13.1 Å². The molecule has 4 heteroatoms. The first kappa shape index (κ1) is 13.7. The maximum absolute atomic E-state index is 12.3. The van der Waals surface area contributed by atoms with Gasteiger partial charge in [-0.05, 0) is 37.0 Å². The van der Waals surface area contributed by atoms with Gasteiger partial charge in [0.2, 0.25) is 0 Å². The minimum atomic E-state index is 0.00447. The summed E-state index contributed by atoms with van der Waals surface area (Å²) in [7, 11) is 0. The van der Waals surface area contributed by atoms with Gasteiger partial charge in [-0.1, -0.05) is 30.3 Å². The van der Waals surface area contributed by atoms with Gasteiger partial charge in [-0.3, -0.25) is 0 Å². The van der Waals surface area contributed by atoms with Crippen molar-refractivity contribution in [3.8, 4) is 0 Å². The number of furan rings is 1. The van der Waals surface area contributed by atoms with E-state index in [1.54, 1.807) is 6.26 Å². The Morgan fingerprint density at radius 3 is 2.86 bits per heavy atom. The van der Waals surface area contributed by atoms with Crippen molar-refractivity contribution < 1.29 is 9.21 Å². The Hall–Kier alpha value is -2.23. The molecule has 4 nitrogen and oxygen atoms in total. The van der Waals surface area contributed by atoms with Crippen LogP contribution in [0, 0.1) is 0 Å². The van der Waals surface area contributed by atoms with Crippen molar-refractivity contribution in [1.29, 1.82) is 0 Å². The highest BCUT2D eigenvalue weighted by Crippen LogP contribution is 2.31. The second kappa shape index (κ2) is 6.48. The largest absolute Gasteiger partial charge is 0.467 e. The quantitative estimate of drug-likeness (QED) is 0.935.